The summed E-state index contributed by atoms with van der Waals surface area (Å²) < 4.78 is 9.96. The highest BCUT2D eigenvalue weighted by Crippen LogP contribution is 2.23. The van der Waals surface area contributed by atoms with E-state index < -0.39 is 11.6 Å². The van der Waals surface area contributed by atoms with Gasteiger partial charge in [-0.15, -0.1) is 0 Å². The fraction of sp³-hybridized carbons (Fsp3) is 0.167. The van der Waals surface area contributed by atoms with Crippen molar-refractivity contribution in [3.63, 3.8) is 0 Å². The highest BCUT2D eigenvalue weighted by molar-refractivity contribution is 5.82. The molecule has 1 heterocycles. The monoisotopic (exact) mass is 218 g/mol. The Kier molecular flexibility index (Phi) is 2.48. The maximum absolute atomic E-state index is 11.1. The van der Waals surface area contributed by atoms with Gasteiger partial charge in [-0.05, 0) is 24.6 Å². The van der Waals surface area contributed by atoms with Crippen LogP contribution in [0.5, 0.6) is 5.75 Å². The molecule has 0 saturated heterocycles. The van der Waals surface area contributed by atoms with Crippen LogP contribution in [-0.2, 0) is 4.79 Å². The third kappa shape index (κ3) is 1.95. The fourth-order valence-electron chi connectivity index (χ4n) is 1.55. The second-order valence-electron chi connectivity index (χ2n) is 3.50. The van der Waals surface area contributed by atoms with Crippen LogP contribution < -0.4 is 10.4 Å². The van der Waals surface area contributed by atoms with Gasteiger partial charge in [-0.2, -0.15) is 0 Å². The van der Waals surface area contributed by atoms with Gasteiger partial charge in [0.15, 0.2) is 0 Å². The molecule has 0 N–H and O–H groups in total. The summed E-state index contributed by atoms with van der Waals surface area (Å²) in [6.07, 6.45) is 0. The van der Waals surface area contributed by atoms with Crippen molar-refractivity contribution >= 4 is 16.9 Å². The minimum Gasteiger partial charge on any atom is -0.427 e. The molecular formula is C12H10O4. The van der Waals surface area contributed by atoms with Crippen molar-refractivity contribution in [1.29, 1.82) is 0 Å². The van der Waals surface area contributed by atoms with E-state index in [1.165, 1.54) is 19.1 Å². The summed E-state index contributed by atoms with van der Waals surface area (Å²) in [5.74, 6) is -0.0242. The molecule has 0 fully saturated rings. The third-order valence-electron chi connectivity index (χ3n) is 2.18. The van der Waals surface area contributed by atoms with Gasteiger partial charge in [0, 0.05) is 24.4 Å². The molecular weight excluding hydrogens is 208 g/mol. The molecule has 0 aliphatic rings. The van der Waals surface area contributed by atoms with Crippen LogP contribution >= 0.6 is 0 Å². The number of esters is 1. The Labute approximate surface area is 91.4 Å². The fourth-order valence-corrected chi connectivity index (χ4v) is 1.55. The van der Waals surface area contributed by atoms with Gasteiger partial charge in [-0.1, -0.05) is 0 Å². The molecule has 1 aromatic heterocycles. The lowest BCUT2D eigenvalue weighted by Gasteiger charge is -2.05. The average Bonchev–Trinajstić information content (AvgIpc) is 2.15. The Balaban J connectivity index is 2.64. The summed E-state index contributed by atoms with van der Waals surface area (Å²) in [7, 11) is 0. The first kappa shape index (κ1) is 10.4. The van der Waals surface area contributed by atoms with Crippen LogP contribution in [0, 0.1) is 6.92 Å². The summed E-state index contributed by atoms with van der Waals surface area (Å²) in [5.41, 5.74) is 0.883. The number of ether oxygens (including phenoxy) is 1. The minimum absolute atomic E-state index is 0.381. The number of carbonyl (C=O) groups excluding carboxylic acids is 1. The van der Waals surface area contributed by atoms with Crippen LogP contribution in [0.3, 0.4) is 0 Å². The summed E-state index contributed by atoms with van der Waals surface area (Å²) in [6.45, 7) is 3.18. The lowest BCUT2D eigenvalue weighted by molar-refractivity contribution is -0.131. The molecule has 4 heteroatoms. The van der Waals surface area contributed by atoms with E-state index in [1.807, 2.05) is 6.92 Å². The van der Waals surface area contributed by atoms with E-state index in [9.17, 15) is 9.59 Å². The number of benzene rings is 1. The number of carbonyl (C=O) groups is 1. The second kappa shape index (κ2) is 3.81. The van der Waals surface area contributed by atoms with Gasteiger partial charge < -0.3 is 9.15 Å². The SMILES string of the molecule is CC(=O)Oc1cc(C)c2ccc(=O)oc2c1. The number of aryl methyl sites for hydroxylation is 1. The molecule has 2 rings (SSSR count). The van der Waals surface area contributed by atoms with Crippen molar-refractivity contribution in [1.82, 2.24) is 0 Å². The smallest absolute Gasteiger partial charge is 0.336 e. The van der Waals surface area contributed by atoms with E-state index in [0.717, 1.165) is 10.9 Å². The van der Waals surface area contributed by atoms with Gasteiger partial charge in [-0.25, -0.2) is 4.79 Å². The molecule has 82 valence electrons. The van der Waals surface area contributed by atoms with Gasteiger partial charge in [0.1, 0.15) is 11.3 Å². The molecule has 0 aliphatic carbocycles. The van der Waals surface area contributed by atoms with E-state index in [2.05, 4.69) is 0 Å². The molecule has 0 aliphatic heterocycles. The first-order valence-electron chi connectivity index (χ1n) is 4.79. The van der Waals surface area contributed by atoms with Crippen molar-refractivity contribution in [2.24, 2.45) is 0 Å². The second-order valence-corrected chi connectivity index (χ2v) is 3.50. The van der Waals surface area contributed by atoms with Crippen LogP contribution in [0.4, 0.5) is 0 Å². The predicted molar refractivity (Wildman–Crippen MR) is 58.5 cm³/mol. The molecule has 0 unspecified atom stereocenters. The number of rotatable bonds is 1. The number of hydrogen-bond donors (Lipinski definition) is 0. The zero-order valence-corrected chi connectivity index (χ0v) is 8.94. The number of hydrogen-bond acceptors (Lipinski definition) is 4. The molecule has 0 saturated carbocycles. The van der Waals surface area contributed by atoms with Crippen molar-refractivity contribution < 1.29 is 13.9 Å². The Hall–Kier alpha value is -2.10. The summed E-state index contributed by atoms with van der Waals surface area (Å²) in [4.78, 5) is 21.9. The van der Waals surface area contributed by atoms with Gasteiger partial charge in [-0.3, -0.25) is 4.79 Å². The van der Waals surface area contributed by atoms with Crippen molar-refractivity contribution in [2.45, 2.75) is 13.8 Å². The third-order valence-corrected chi connectivity index (χ3v) is 2.18. The summed E-state index contributed by atoms with van der Waals surface area (Å²) in [6, 6.07) is 6.31. The van der Waals surface area contributed by atoms with E-state index >= 15 is 0 Å². The van der Waals surface area contributed by atoms with E-state index in [0.29, 0.717) is 11.3 Å². The van der Waals surface area contributed by atoms with Crippen molar-refractivity contribution in [2.75, 3.05) is 0 Å². The topological polar surface area (TPSA) is 56.5 Å². The molecule has 0 spiro atoms. The Morgan fingerprint density at radius 1 is 1.31 bits per heavy atom. The van der Waals surface area contributed by atoms with Crippen LogP contribution in [-0.4, -0.2) is 5.97 Å². The lowest BCUT2D eigenvalue weighted by atomic mass is 10.1. The first-order chi connectivity index (χ1) is 7.56. The molecule has 16 heavy (non-hydrogen) atoms. The highest BCUT2D eigenvalue weighted by atomic mass is 16.5. The largest absolute Gasteiger partial charge is 0.427 e. The zero-order valence-electron chi connectivity index (χ0n) is 8.94. The summed E-state index contributed by atoms with van der Waals surface area (Å²) >= 11 is 0. The Morgan fingerprint density at radius 2 is 2.06 bits per heavy atom. The normalized spacial score (nSPS) is 10.4. The van der Waals surface area contributed by atoms with Crippen LogP contribution in [0.1, 0.15) is 12.5 Å². The maximum Gasteiger partial charge on any atom is 0.336 e. The Bertz CT molecular complexity index is 610. The molecule has 0 radical (unpaired) electrons. The van der Waals surface area contributed by atoms with Gasteiger partial charge in [0.2, 0.25) is 0 Å². The van der Waals surface area contributed by atoms with Gasteiger partial charge in [0.05, 0.1) is 0 Å². The van der Waals surface area contributed by atoms with E-state index in [1.54, 1.807) is 12.1 Å². The highest BCUT2D eigenvalue weighted by Gasteiger charge is 2.05. The first-order valence-corrected chi connectivity index (χ1v) is 4.79. The van der Waals surface area contributed by atoms with Gasteiger partial charge >= 0.3 is 11.6 Å². The standard InChI is InChI=1S/C12H10O4/c1-7-5-9(15-8(2)13)6-11-10(7)3-4-12(14)16-11/h3-6H,1-2H3. The number of fused-ring (bicyclic) bond motifs is 1. The van der Waals surface area contributed by atoms with E-state index in [-0.39, 0.29) is 0 Å². The quantitative estimate of drug-likeness (QED) is 0.417. The molecule has 0 bridgehead atoms. The van der Waals surface area contributed by atoms with Crippen LogP contribution in [0.15, 0.2) is 33.5 Å². The van der Waals surface area contributed by atoms with Gasteiger partial charge in [0.25, 0.3) is 0 Å². The Morgan fingerprint density at radius 3 is 2.75 bits per heavy atom. The average molecular weight is 218 g/mol. The van der Waals surface area contributed by atoms with Crippen LogP contribution in [0.2, 0.25) is 0 Å². The van der Waals surface area contributed by atoms with Crippen LogP contribution in [0.25, 0.3) is 11.0 Å². The predicted octanol–water partition coefficient (Wildman–Crippen LogP) is 2.03. The summed E-state index contributed by atoms with van der Waals surface area (Å²) in [5, 5.41) is 0.829. The molecule has 1 aromatic carbocycles. The van der Waals surface area contributed by atoms with Crippen molar-refractivity contribution in [3.8, 4) is 5.75 Å². The molecule has 0 atom stereocenters. The maximum atomic E-state index is 11.1. The molecule has 4 nitrogen and oxygen atoms in total. The van der Waals surface area contributed by atoms with Crippen molar-refractivity contribution in [3.05, 3.63) is 40.2 Å². The van der Waals surface area contributed by atoms with E-state index in [4.69, 9.17) is 9.15 Å². The minimum atomic E-state index is -0.424. The molecule has 0 amide bonds. The zero-order chi connectivity index (χ0) is 11.7. The lowest BCUT2D eigenvalue weighted by Crippen LogP contribution is -2.02. The molecule has 2 aromatic rings.